The molecule has 0 radical (unpaired) electrons. The maximum atomic E-state index is 12.0. The Hall–Kier alpha value is -1.79. The van der Waals surface area contributed by atoms with Crippen molar-refractivity contribution in [1.29, 1.82) is 0 Å². The number of rotatable bonds is 2. The van der Waals surface area contributed by atoms with E-state index in [9.17, 15) is 4.79 Å². The molecule has 1 aliphatic carbocycles. The molecular formula is C15H24N4O3. The molecule has 1 N–H and O–H groups in total. The van der Waals surface area contributed by atoms with Gasteiger partial charge < -0.3 is 19.5 Å². The largest absolute Gasteiger partial charge is 0.444 e. The van der Waals surface area contributed by atoms with Crippen LogP contribution in [0.25, 0.3) is 0 Å². The van der Waals surface area contributed by atoms with Gasteiger partial charge in [0, 0.05) is 19.1 Å². The minimum absolute atomic E-state index is 0.176. The van der Waals surface area contributed by atoms with Gasteiger partial charge in [-0.15, -0.1) is 0 Å². The van der Waals surface area contributed by atoms with Gasteiger partial charge in [0.05, 0.1) is 0 Å². The van der Waals surface area contributed by atoms with Gasteiger partial charge in [-0.2, -0.15) is 4.98 Å². The van der Waals surface area contributed by atoms with Crippen molar-refractivity contribution in [3.8, 4) is 0 Å². The van der Waals surface area contributed by atoms with Crippen LogP contribution in [-0.2, 0) is 4.74 Å². The van der Waals surface area contributed by atoms with Gasteiger partial charge in [-0.05, 0) is 52.4 Å². The Kier molecular flexibility index (Phi) is 3.74. The SMILES string of the molecule is Cc1noc(N2C[C@H]3CC[C@@H](C2)[C@H]3NC(=O)OC(C)(C)C)n1. The van der Waals surface area contributed by atoms with Gasteiger partial charge in [-0.3, -0.25) is 0 Å². The lowest BCUT2D eigenvalue weighted by Crippen LogP contribution is -2.53. The smallest absolute Gasteiger partial charge is 0.407 e. The lowest BCUT2D eigenvalue weighted by Gasteiger charge is -2.37. The quantitative estimate of drug-likeness (QED) is 0.901. The summed E-state index contributed by atoms with van der Waals surface area (Å²) in [6, 6.07) is 0.764. The molecule has 2 bridgehead atoms. The Bertz CT molecular complexity index is 537. The number of carbonyl (C=O) groups is 1. The molecule has 3 atom stereocenters. The third kappa shape index (κ3) is 3.18. The Morgan fingerprint density at radius 3 is 2.45 bits per heavy atom. The average molecular weight is 308 g/mol. The van der Waals surface area contributed by atoms with E-state index in [4.69, 9.17) is 9.26 Å². The van der Waals surface area contributed by atoms with Gasteiger partial charge >= 0.3 is 12.1 Å². The van der Waals surface area contributed by atoms with E-state index in [1.54, 1.807) is 0 Å². The highest BCUT2D eigenvalue weighted by molar-refractivity contribution is 5.68. The van der Waals surface area contributed by atoms with Crippen molar-refractivity contribution in [3.05, 3.63) is 5.82 Å². The van der Waals surface area contributed by atoms with Crippen molar-refractivity contribution >= 4 is 12.1 Å². The Morgan fingerprint density at radius 2 is 1.95 bits per heavy atom. The summed E-state index contributed by atoms with van der Waals surface area (Å²) in [6.07, 6.45) is 1.89. The molecule has 1 aromatic rings. The van der Waals surface area contributed by atoms with Crippen molar-refractivity contribution in [3.63, 3.8) is 0 Å². The Morgan fingerprint density at radius 1 is 1.32 bits per heavy atom. The van der Waals surface area contributed by atoms with Crippen molar-refractivity contribution in [2.75, 3.05) is 18.0 Å². The Labute approximate surface area is 130 Å². The van der Waals surface area contributed by atoms with E-state index in [-0.39, 0.29) is 12.1 Å². The predicted octanol–water partition coefficient (Wildman–Crippen LogP) is 2.12. The van der Waals surface area contributed by atoms with Crippen LogP contribution in [0.4, 0.5) is 10.8 Å². The number of nitrogens with one attached hydrogen (secondary N) is 1. The van der Waals surface area contributed by atoms with Crippen molar-refractivity contribution in [2.45, 2.75) is 52.2 Å². The summed E-state index contributed by atoms with van der Waals surface area (Å²) in [5.74, 6) is 1.45. The fraction of sp³-hybridized carbons (Fsp3) is 0.800. The zero-order chi connectivity index (χ0) is 15.9. The van der Waals surface area contributed by atoms with E-state index < -0.39 is 5.60 Å². The van der Waals surface area contributed by atoms with Gasteiger partial charge in [0.15, 0.2) is 5.82 Å². The van der Waals surface area contributed by atoms with E-state index in [1.807, 2.05) is 27.7 Å². The molecule has 122 valence electrons. The molecule has 2 heterocycles. The van der Waals surface area contributed by atoms with Gasteiger partial charge in [-0.25, -0.2) is 4.79 Å². The molecular weight excluding hydrogens is 284 g/mol. The van der Waals surface area contributed by atoms with Crippen LogP contribution in [0, 0.1) is 18.8 Å². The summed E-state index contributed by atoms with van der Waals surface area (Å²) in [5.41, 5.74) is -0.467. The zero-order valence-electron chi connectivity index (χ0n) is 13.6. The summed E-state index contributed by atoms with van der Waals surface area (Å²) in [6.45, 7) is 9.11. The van der Waals surface area contributed by atoms with Crippen LogP contribution in [0.1, 0.15) is 39.4 Å². The standard InChI is InChI=1S/C15H24N4O3/c1-9-16-13(22-18-9)19-7-10-5-6-11(8-19)12(10)17-14(20)21-15(2,3)4/h10-12H,5-8H2,1-4H3,(H,17,20)/t10-,11+,12+. The molecule has 1 saturated heterocycles. The molecule has 1 amide bonds. The fourth-order valence-electron chi connectivity index (χ4n) is 3.47. The molecule has 7 heteroatoms. The highest BCUT2D eigenvalue weighted by atomic mass is 16.6. The van der Waals surface area contributed by atoms with E-state index in [1.165, 1.54) is 0 Å². The van der Waals surface area contributed by atoms with E-state index in [0.717, 1.165) is 25.9 Å². The molecule has 1 aromatic heterocycles. The molecule has 2 aliphatic rings. The lowest BCUT2D eigenvalue weighted by atomic mass is 9.92. The predicted molar refractivity (Wildman–Crippen MR) is 80.6 cm³/mol. The molecule has 7 nitrogen and oxygen atoms in total. The number of ether oxygens (including phenoxy) is 1. The topological polar surface area (TPSA) is 80.5 Å². The van der Waals surface area contributed by atoms with E-state index >= 15 is 0 Å². The number of anilines is 1. The maximum Gasteiger partial charge on any atom is 0.407 e. The monoisotopic (exact) mass is 308 g/mol. The van der Waals surface area contributed by atoms with E-state index in [0.29, 0.717) is 23.7 Å². The first-order valence-corrected chi connectivity index (χ1v) is 7.86. The van der Waals surface area contributed by atoms with Crippen LogP contribution in [0.15, 0.2) is 4.52 Å². The number of hydrogen-bond acceptors (Lipinski definition) is 6. The summed E-state index contributed by atoms with van der Waals surface area (Å²) >= 11 is 0. The first kappa shape index (κ1) is 15.1. The molecule has 2 fully saturated rings. The minimum Gasteiger partial charge on any atom is -0.444 e. The van der Waals surface area contributed by atoms with Crippen LogP contribution >= 0.6 is 0 Å². The summed E-state index contributed by atoms with van der Waals surface area (Å²) in [4.78, 5) is 18.4. The number of aryl methyl sites for hydroxylation is 1. The van der Waals surface area contributed by atoms with Gasteiger partial charge in [0.1, 0.15) is 5.60 Å². The first-order chi connectivity index (χ1) is 10.3. The normalized spacial score (nSPS) is 27.8. The number of piperidine rings is 1. The fourth-order valence-corrected chi connectivity index (χ4v) is 3.47. The number of nitrogens with zero attached hydrogens (tertiary/aromatic N) is 3. The molecule has 22 heavy (non-hydrogen) atoms. The van der Waals surface area contributed by atoms with Gasteiger partial charge in [-0.1, -0.05) is 5.16 Å². The minimum atomic E-state index is -0.467. The average Bonchev–Trinajstić information content (AvgIpc) is 2.89. The number of aromatic nitrogens is 2. The molecule has 0 unspecified atom stereocenters. The van der Waals surface area contributed by atoms with Crippen molar-refractivity contribution in [1.82, 2.24) is 15.5 Å². The third-order valence-corrected chi connectivity index (χ3v) is 4.30. The highest BCUT2D eigenvalue weighted by Crippen LogP contribution is 2.38. The molecule has 1 saturated carbocycles. The number of hydrogen-bond donors (Lipinski definition) is 1. The number of fused-ring (bicyclic) bond motifs is 2. The number of alkyl carbamates (subject to hydrolysis) is 1. The van der Waals surface area contributed by atoms with Crippen LogP contribution in [-0.4, -0.2) is 41.0 Å². The molecule has 1 aliphatic heterocycles. The summed E-state index contributed by atoms with van der Waals surface area (Å²) in [7, 11) is 0. The zero-order valence-corrected chi connectivity index (χ0v) is 13.6. The number of carbonyl (C=O) groups excluding carboxylic acids is 1. The van der Waals surface area contributed by atoms with Crippen LogP contribution in [0.2, 0.25) is 0 Å². The van der Waals surface area contributed by atoms with Gasteiger partial charge in [0.25, 0.3) is 0 Å². The second kappa shape index (κ2) is 5.44. The van der Waals surface area contributed by atoms with Crippen molar-refractivity contribution < 1.29 is 14.1 Å². The lowest BCUT2D eigenvalue weighted by molar-refractivity contribution is 0.0472. The summed E-state index contributed by atoms with van der Waals surface area (Å²) in [5, 5.41) is 6.91. The maximum absolute atomic E-state index is 12.0. The van der Waals surface area contributed by atoms with Crippen LogP contribution < -0.4 is 10.2 Å². The number of amides is 1. The molecule has 0 aromatic carbocycles. The van der Waals surface area contributed by atoms with Crippen LogP contribution in [0.5, 0.6) is 0 Å². The summed E-state index contributed by atoms with van der Waals surface area (Å²) < 4.78 is 10.6. The molecule has 3 rings (SSSR count). The molecule has 0 spiro atoms. The third-order valence-electron chi connectivity index (χ3n) is 4.30. The van der Waals surface area contributed by atoms with E-state index in [2.05, 4.69) is 20.4 Å². The van der Waals surface area contributed by atoms with Crippen molar-refractivity contribution in [2.24, 2.45) is 11.8 Å². The second-order valence-corrected chi connectivity index (χ2v) is 7.30. The highest BCUT2D eigenvalue weighted by Gasteiger charge is 2.44. The first-order valence-electron chi connectivity index (χ1n) is 7.86. The Balaban J connectivity index is 1.62. The van der Waals surface area contributed by atoms with Gasteiger partial charge in [0.2, 0.25) is 0 Å². The van der Waals surface area contributed by atoms with Crippen LogP contribution in [0.3, 0.4) is 0 Å². The second-order valence-electron chi connectivity index (χ2n) is 7.30.